The molecule has 0 heterocycles. The first-order valence-corrected chi connectivity index (χ1v) is 6.87. The summed E-state index contributed by atoms with van der Waals surface area (Å²) >= 11 is 0. The number of carbonyl (C=O) groups excluding carboxylic acids is 1. The summed E-state index contributed by atoms with van der Waals surface area (Å²) in [6.07, 6.45) is 4.29. The Balaban J connectivity index is 2.77. The summed E-state index contributed by atoms with van der Waals surface area (Å²) in [5, 5.41) is 2.79. The Hall–Kier alpha value is -1.97. The molecule has 0 aliphatic heterocycles. The average Bonchev–Trinajstić information content (AvgIpc) is 2.43. The summed E-state index contributed by atoms with van der Waals surface area (Å²) in [5.41, 5.74) is 0.893. The van der Waals surface area contributed by atoms with Gasteiger partial charge in [-0.1, -0.05) is 13.0 Å². The third kappa shape index (κ3) is 5.34. The number of nitrogens with one attached hydrogen (secondary N) is 1. The van der Waals surface area contributed by atoms with Gasteiger partial charge in [-0.3, -0.25) is 4.79 Å². The lowest BCUT2D eigenvalue weighted by Gasteiger charge is -2.13. The molecule has 0 radical (unpaired) electrons. The molecule has 1 aromatic rings. The molecule has 0 spiro atoms. The van der Waals surface area contributed by atoms with E-state index in [0.29, 0.717) is 18.0 Å². The van der Waals surface area contributed by atoms with Gasteiger partial charge < -0.3 is 14.8 Å². The van der Waals surface area contributed by atoms with Crippen LogP contribution in [0, 0.1) is 0 Å². The summed E-state index contributed by atoms with van der Waals surface area (Å²) in [6, 6.07) is 5.59. The van der Waals surface area contributed by atoms with Crippen molar-refractivity contribution in [1.29, 1.82) is 0 Å². The second-order valence-electron chi connectivity index (χ2n) is 4.70. The van der Waals surface area contributed by atoms with Gasteiger partial charge in [-0.2, -0.15) is 0 Å². The van der Waals surface area contributed by atoms with Gasteiger partial charge in [-0.25, -0.2) is 0 Å². The molecule has 0 aliphatic rings. The van der Waals surface area contributed by atoms with E-state index in [-0.39, 0.29) is 12.0 Å². The molecule has 1 rings (SSSR count). The number of benzene rings is 1. The van der Waals surface area contributed by atoms with Crippen LogP contribution in [0.2, 0.25) is 0 Å². The van der Waals surface area contributed by atoms with Crippen LogP contribution >= 0.6 is 0 Å². The summed E-state index contributed by atoms with van der Waals surface area (Å²) < 4.78 is 10.9. The molecule has 0 bridgehead atoms. The zero-order valence-corrected chi connectivity index (χ0v) is 12.6. The highest BCUT2D eigenvalue weighted by atomic mass is 16.5. The van der Waals surface area contributed by atoms with Crippen LogP contribution in [0.4, 0.5) is 0 Å². The minimum absolute atomic E-state index is 0.0881. The first-order chi connectivity index (χ1) is 9.56. The minimum Gasteiger partial charge on any atom is -0.493 e. The van der Waals surface area contributed by atoms with E-state index >= 15 is 0 Å². The van der Waals surface area contributed by atoms with Crippen molar-refractivity contribution in [3.05, 3.63) is 29.8 Å². The molecule has 110 valence electrons. The first kappa shape index (κ1) is 16.1. The van der Waals surface area contributed by atoms with Crippen LogP contribution in [-0.4, -0.2) is 25.7 Å². The van der Waals surface area contributed by atoms with Crippen LogP contribution < -0.4 is 14.8 Å². The number of hydrogen-bond acceptors (Lipinski definition) is 3. The van der Waals surface area contributed by atoms with Crippen molar-refractivity contribution in [2.45, 2.75) is 33.3 Å². The van der Waals surface area contributed by atoms with E-state index in [1.165, 1.54) is 6.08 Å². The van der Waals surface area contributed by atoms with Gasteiger partial charge in [0.15, 0.2) is 11.5 Å². The molecule has 0 aromatic heterocycles. The van der Waals surface area contributed by atoms with Gasteiger partial charge in [0.2, 0.25) is 5.91 Å². The quantitative estimate of drug-likeness (QED) is 0.779. The van der Waals surface area contributed by atoms with Crippen molar-refractivity contribution in [3.8, 4) is 11.5 Å². The largest absolute Gasteiger partial charge is 0.493 e. The number of ether oxygens (including phenoxy) is 2. The fraction of sp³-hybridized carbons (Fsp3) is 0.438. The lowest BCUT2D eigenvalue weighted by atomic mass is 10.2. The van der Waals surface area contributed by atoms with E-state index < -0.39 is 0 Å². The van der Waals surface area contributed by atoms with Crippen LogP contribution in [0.5, 0.6) is 11.5 Å². The number of carbonyl (C=O) groups is 1. The zero-order chi connectivity index (χ0) is 15.0. The highest BCUT2D eigenvalue weighted by Crippen LogP contribution is 2.29. The Labute approximate surface area is 120 Å². The second-order valence-corrected chi connectivity index (χ2v) is 4.70. The molecule has 0 unspecified atom stereocenters. The molecule has 4 nitrogen and oxygen atoms in total. The lowest BCUT2D eigenvalue weighted by Crippen LogP contribution is -2.21. The lowest BCUT2D eigenvalue weighted by molar-refractivity contribution is -0.116. The van der Waals surface area contributed by atoms with Crippen LogP contribution in [0.15, 0.2) is 24.3 Å². The molecule has 0 saturated heterocycles. The highest BCUT2D eigenvalue weighted by Gasteiger charge is 2.06. The van der Waals surface area contributed by atoms with Crippen LogP contribution in [0.25, 0.3) is 6.08 Å². The van der Waals surface area contributed by atoms with E-state index in [9.17, 15) is 4.79 Å². The Bertz CT molecular complexity index is 467. The SMILES string of the molecule is CCCNC(=O)C=Cc1ccc(OC(C)C)c(OC)c1. The van der Waals surface area contributed by atoms with E-state index in [2.05, 4.69) is 5.32 Å². The predicted molar refractivity (Wildman–Crippen MR) is 81.1 cm³/mol. The Morgan fingerprint density at radius 2 is 2.10 bits per heavy atom. The normalized spacial score (nSPS) is 10.8. The van der Waals surface area contributed by atoms with Crippen LogP contribution in [0.3, 0.4) is 0 Å². The van der Waals surface area contributed by atoms with Crippen LogP contribution in [0.1, 0.15) is 32.8 Å². The van der Waals surface area contributed by atoms with E-state index in [1.54, 1.807) is 13.2 Å². The average molecular weight is 277 g/mol. The third-order valence-corrected chi connectivity index (χ3v) is 2.53. The monoisotopic (exact) mass is 277 g/mol. The standard InChI is InChI=1S/C16H23NO3/c1-5-10-17-16(18)9-7-13-6-8-14(20-12(2)3)15(11-13)19-4/h6-9,11-12H,5,10H2,1-4H3,(H,17,18). The van der Waals surface area contributed by atoms with Crippen molar-refractivity contribution in [1.82, 2.24) is 5.32 Å². The molecule has 0 atom stereocenters. The topological polar surface area (TPSA) is 47.6 Å². The molecule has 1 N–H and O–H groups in total. The van der Waals surface area contributed by atoms with Gasteiger partial charge in [0.05, 0.1) is 13.2 Å². The number of hydrogen-bond donors (Lipinski definition) is 1. The fourth-order valence-electron chi connectivity index (χ4n) is 1.62. The summed E-state index contributed by atoms with van der Waals surface area (Å²) in [4.78, 5) is 11.5. The maximum atomic E-state index is 11.5. The van der Waals surface area contributed by atoms with E-state index in [4.69, 9.17) is 9.47 Å². The van der Waals surface area contributed by atoms with Gasteiger partial charge in [-0.15, -0.1) is 0 Å². The van der Waals surface area contributed by atoms with Gasteiger partial charge in [-0.05, 0) is 44.0 Å². The number of rotatable bonds is 7. The van der Waals surface area contributed by atoms with Crippen molar-refractivity contribution in [2.24, 2.45) is 0 Å². The Morgan fingerprint density at radius 3 is 2.70 bits per heavy atom. The van der Waals surface area contributed by atoms with Crippen molar-refractivity contribution in [3.63, 3.8) is 0 Å². The maximum Gasteiger partial charge on any atom is 0.243 e. The van der Waals surface area contributed by atoms with Crippen molar-refractivity contribution in [2.75, 3.05) is 13.7 Å². The van der Waals surface area contributed by atoms with Gasteiger partial charge in [0.1, 0.15) is 0 Å². The summed E-state index contributed by atoms with van der Waals surface area (Å²) in [7, 11) is 1.60. The maximum absolute atomic E-state index is 11.5. The Kier molecular flexibility index (Phi) is 6.64. The van der Waals surface area contributed by atoms with Gasteiger partial charge in [0, 0.05) is 12.6 Å². The molecule has 1 amide bonds. The molecule has 20 heavy (non-hydrogen) atoms. The fourth-order valence-corrected chi connectivity index (χ4v) is 1.62. The Morgan fingerprint density at radius 1 is 1.35 bits per heavy atom. The minimum atomic E-state index is -0.0895. The molecule has 1 aromatic carbocycles. The third-order valence-electron chi connectivity index (χ3n) is 2.53. The molecular weight excluding hydrogens is 254 g/mol. The predicted octanol–water partition coefficient (Wildman–Crippen LogP) is 3.02. The van der Waals surface area contributed by atoms with Gasteiger partial charge in [0.25, 0.3) is 0 Å². The zero-order valence-electron chi connectivity index (χ0n) is 12.6. The summed E-state index contributed by atoms with van der Waals surface area (Å²) in [6.45, 7) is 6.63. The second kappa shape index (κ2) is 8.25. The number of amides is 1. The first-order valence-electron chi connectivity index (χ1n) is 6.87. The molecule has 0 saturated carbocycles. The smallest absolute Gasteiger partial charge is 0.243 e. The van der Waals surface area contributed by atoms with E-state index in [1.807, 2.05) is 39.0 Å². The van der Waals surface area contributed by atoms with Crippen molar-refractivity contribution >= 4 is 12.0 Å². The van der Waals surface area contributed by atoms with Gasteiger partial charge >= 0.3 is 0 Å². The van der Waals surface area contributed by atoms with Crippen LogP contribution in [-0.2, 0) is 4.79 Å². The molecule has 0 aliphatic carbocycles. The number of methoxy groups -OCH3 is 1. The molecule has 4 heteroatoms. The summed E-state index contributed by atoms with van der Waals surface area (Å²) in [5.74, 6) is 1.28. The molecule has 0 fully saturated rings. The van der Waals surface area contributed by atoms with Crippen molar-refractivity contribution < 1.29 is 14.3 Å². The molecular formula is C16H23NO3. The van der Waals surface area contributed by atoms with E-state index in [0.717, 1.165) is 12.0 Å². The highest BCUT2D eigenvalue weighted by molar-refractivity contribution is 5.91.